The van der Waals surface area contributed by atoms with Crippen LogP contribution in [0.25, 0.3) is 10.9 Å². The second-order valence-corrected chi connectivity index (χ2v) is 7.75. The molecule has 7 heteroatoms. The van der Waals surface area contributed by atoms with Crippen LogP contribution >= 0.6 is 11.8 Å². The average molecular weight is 427 g/mol. The van der Waals surface area contributed by atoms with E-state index in [2.05, 4.69) is 34.0 Å². The number of carbonyl (C=O) groups excluding carboxylic acids is 1. The highest BCUT2D eigenvalue weighted by Crippen LogP contribution is 2.23. The van der Waals surface area contributed by atoms with Gasteiger partial charge in [-0.15, -0.1) is 11.8 Å². The van der Waals surface area contributed by atoms with Crippen molar-refractivity contribution >= 4 is 28.6 Å². The Balaban J connectivity index is 2.15. The lowest BCUT2D eigenvalue weighted by Crippen LogP contribution is -2.47. The van der Waals surface area contributed by atoms with Crippen molar-refractivity contribution in [3.05, 3.63) is 36.0 Å². The summed E-state index contributed by atoms with van der Waals surface area (Å²) < 4.78 is 15.8. The number of rotatable bonds is 7. The molecule has 1 amide bonds. The quantitative estimate of drug-likeness (QED) is 0.542. The highest BCUT2D eigenvalue weighted by atomic mass is 32.2. The lowest BCUT2D eigenvalue weighted by atomic mass is 10.1. The van der Waals surface area contributed by atoms with Gasteiger partial charge in [0.25, 0.3) is 5.91 Å². The zero-order valence-electron chi connectivity index (χ0n) is 17.9. The van der Waals surface area contributed by atoms with Crippen molar-refractivity contribution in [2.24, 2.45) is 0 Å². The van der Waals surface area contributed by atoms with Gasteiger partial charge in [0.1, 0.15) is 19.0 Å². The molecule has 1 heterocycles. The summed E-state index contributed by atoms with van der Waals surface area (Å²) in [5.74, 6) is 12.1. The summed E-state index contributed by atoms with van der Waals surface area (Å²) in [4.78, 5) is 17.1. The first-order valence-corrected chi connectivity index (χ1v) is 10.6. The molecule has 0 saturated heterocycles. The van der Waals surface area contributed by atoms with Crippen LogP contribution in [0.5, 0.6) is 5.75 Å². The maximum absolute atomic E-state index is 12.7. The molecule has 0 aliphatic carbocycles. The van der Waals surface area contributed by atoms with Crippen LogP contribution in [0.2, 0.25) is 0 Å². The molecule has 0 aliphatic rings. The number of pyridine rings is 1. The molecule has 0 radical (unpaired) electrons. The number of fused-ring (bicyclic) bond motifs is 1. The molecular formula is C23H26N2O4S. The van der Waals surface area contributed by atoms with Gasteiger partial charge in [0.15, 0.2) is 0 Å². The molecule has 1 aromatic carbocycles. The van der Waals surface area contributed by atoms with Gasteiger partial charge >= 0.3 is 0 Å². The van der Waals surface area contributed by atoms with Crippen molar-refractivity contribution in [1.29, 1.82) is 0 Å². The summed E-state index contributed by atoms with van der Waals surface area (Å²) in [5.41, 5.74) is 0.186. The van der Waals surface area contributed by atoms with Gasteiger partial charge < -0.3 is 19.5 Å². The van der Waals surface area contributed by atoms with E-state index in [4.69, 9.17) is 14.2 Å². The number of amides is 1. The molecular weight excluding hydrogens is 400 g/mol. The lowest BCUT2D eigenvalue weighted by molar-refractivity contribution is -0.125. The Hall–Kier alpha value is -2.71. The normalized spacial score (nSPS) is 11.6. The van der Waals surface area contributed by atoms with Crippen LogP contribution in [0.3, 0.4) is 0 Å². The van der Waals surface area contributed by atoms with Crippen LogP contribution in [0, 0.1) is 23.7 Å². The van der Waals surface area contributed by atoms with Crippen LogP contribution in [0.15, 0.2) is 30.5 Å². The Labute approximate surface area is 182 Å². The number of thioether (sulfide) groups is 1. The van der Waals surface area contributed by atoms with E-state index in [9.17, 15) is 4.79 Å². The predicted octanol–water partition coefficient (Wildman–Crippen LogP) is 2.85. The largest absolute Gasteiger partial charge is 0.470 e. The SMILES string of the molecule is COCC#Cc1cnc2ccc(OC(SC)C(=O)NC(C)(C)C#CCOC)cc2c1. The fourth-order valence-corrected chi connectivity index (χ4v) is 3.00. The first-order valence-electron chi connectivity index (χ1n) is 9.26. The minimum Gasteiger partial charge on any atom is -0.470 e. The summed E-state index contributed by atoms with van der Waals surface area (Å²) in [5, 5.41) is 3.78. The van der Waals surface area contributed by atoms with E-state index in [1.807, 2.05) is 38.3 Å². The van der Waals surface area contributed by atoms with E-state index in [-0.39, 0.29) is 5.91 Å². The first kappa shape index (κ1) is 23.6. The maximum Gasteiger partial charge on any atom is 0.272 e. The maximum atomic E-state index is 12.7. The monoisotopic (exact) mass is 426 g/mol. The van der Waals surface area contributed by atoms with Crippen molar-refractivity contribution in [2.45, 2.75) is 24.8 Å². The molecule has 2 aromatic rings. The van der Waals surface area contributed by atoms with Gasteiger partial charge in [-0.1, -0.05) is 23.7 Å². The first-order chi connectivity index (χ1) is 14.4. The lowest BCUT2D eigenvalue weighted by Gasteiger charge is -2.24. The highest BCUT2D eigenvalue weighted by molar-refractivity contribution is 7.99. The summed E-state index contributed by atoms with van der Waals surface area (Å²) in [6.07, 6.45) is 3.54. The smallest absolute Gasteiger partial charge is 0.272 e. The van der Waals surface area contributed by atoms with Crippen LogP contribution in [0.4, 0.5) is 0 Å². The number of hydrogen-bond donors (Lipinski definition) is 1. The number of carbonyl (C=O) groups is 1. The third-order valence-corrected chi connectivity index (χ3v) is 4.56. The Bertz CT molecular complexity index is 999. The van der Waals surface area contributed by atoms with Gasteiger partial charge in [0.05, 0.1) is 11.1 Å². The van der Waals surface area contributed by atoms with E-state index in [0.29, 0.717) is 19.0 Å². The van der Waals surface area contributed by atoms with Gasteiger partial charge in [-0.25, -0.2) is 0 Å². The molecule has 2 rings (SSSR count). The third kappa shape index (κ3) is 7.27. The molecule has 0 bridgehead atoms. The van der Waals surface area contributed by atoms with Gasteiger partial charge in [0.2, 0.25) is 5.44 Å². The molecule has 0 fully saturated rings. The van der Waals surface area contributed by atoms with Crippen molar-refractivity contribution < 1.29 is 19.0 Å². The van der Waals surface area contributed by atoms with Gasteiger partial charge in [-0.05, 0) is 44.4 Å². The molecule has 1 N–H and O–H groups in total. The van der Waals surface area contributed by atoms with Crippen LogP contribution in [-0.4, -0.2) is 55.6 Å². The summed E-state index contributed by atoms with van der Waals surface area (Å²) in [6.45, 7) is 4.33. The second kappa shape index (κ2) is 11.5. The minimum absolute atomic E-state index is 0.253. The Morgan fingerprint density at radius 3 is 2.63 bits per heavy atom. The molecule has 0 saturated carbocycles. The van der Waals surface area contributed by atoms with Crippen LogP contribution in [-0.2, 0) is 14.3 Å². The van der Waals surface area contributed by atoms with Crippen molar-refractivity contribution in [3.63, 3.8) is 0 Å². The molecule has 0 aliphatic heterocycles. The molecule has 0 spiro atoms. The van der Waals surface area contributed by atoms with E-state index >= 15 is 0 Å². The number of methoxy groups -OCH3 is 2. The summed E-state index contributed by atoms with van der Waals surface area (Å²) >= 11 is 1.31. The average Bonchev–Trinajstić information content (AvgIpc) is 2.71. The van der Waals surface area contributed by atoms with Crippen molar-refractivity contribution in [2.75, 3.05) is 33.7 Å². The molecule has 1 aromatic heterocycles. The van der Waals surface area contributed by atoms with Gasteiger partial charge in [0, 0.05) is 31.4 Å². The zero-order chi connectivity index (χ0) is 22.0. The molecule has 30 heavy (non-hydrogen) atoms. The number of nitrogens with one attached hydrogen (secondary N) is 1. The van der Waals surface area contributed by atoms with Crippen molar-refractivity contribution in [3.8, 4) is 29.4 Å². The summed E-state index contributed by atoms with van der Waals surface area (Å²) in [6, 6.07) is 7.43. The predicted molar refractivity (Wildman–Crippen MR) is 120 cm³/mol. The number of aromatic nitrogens is 1. The Morgan fingerprint density at radius 2 is 1.93 bits per heavy atom. The molecule has 1 unspecified atom stereocenters. The topological polar surface area (TPSA) is 69.7 Å². The standard InChI is InChI=1S/C23H26N2O4S/c1-23(2,11-7-13-28-4)25-21(26)22(30-5)29-19-9-10-20-18(15-19)14-17(16-24-20)8-6-12-27-3/h9-10,14-16,22H,12-13H2,1-5H3,(H,25,26). The molecule has 6 nitrogen and oxygen atoms in total. The minimum atomic E-state index is -0.719. The van der Waals surface area contributed by atoms with Crippen LogP contribution < -0.4 is 10.1 Å². The van der Waals surface area contributed by atoms with Crippen molar-refractivity contribution in [1.82, 2.24) is 10.3 Å². The van der Waals surface area contributed by atoms with E-state index < -0.39 is 11.0 Å². The molecule has 158 valence electrons. The number of ether oxygens (including phenoxy) is 3. The van der Waals surface area contributed by atoms with Crippen LogP contribution in [0.1, 0.15) is 19.4 Å². The number of benzene rings is 1. The Morgan fingerprint density at radius 1 is 1.20 bits per heavy atom. The van der Waals surface area contributed by atoms with E-state index in [1.165, 1.54) is 11.8 Å². The highest BCUT2D eigenvalue weighted by Gasteiger charge is 2.25. The number of hydrogen-bond acceptors (Lipinski definition) is 6. The van der Waals surface area contributed by atoms with Gasteiger partial charge in [-0.2, -0.15) is 0 Å². The third-order valence-electron chi connectivity index (χ3n) is 3.83. The molecule has 1 atom stereocenters. The summed E-state index contributed by atoms with van der Waals surface area (Å²) in [7, 11) is 3.18. The van der Waals surface area contributed by atoms with E-state index in [0.717, 1.165) is 16.5 Å². The van der Waals surface area contributed by atoms with E-state index in [1.54, 1.807) is 26.5 Å². The fourth-order valence-electron chi connectivity index (χ4n) is 2.52. The Kier molecular flexibility index (Phi) is 9.01. The van der Waals surface area contributed by atoms with Gasteiger partial charge in [-0.3, -0.25) is 9.78 Å². The fraction of sp³-hybridized carbons (Fsp3) is 0.391. The zero-order valence-corrected chi connectivity index (χ0v) is 18.7. The number of nitrogens with zero attached hydrogens (tertiary/aromatic N) is 1. The second-order valence-electron chi connectivity index (χ2n) is 6.85.